The van der Waals surface area contributed by atoms with Gasteiger partial charge in [-0.2, -0.15) is 13.2 Å². The highest BCUT2D eigenvalue weighted by Crippen LogP contribution is 2.41. The molecule has 0 heterocycles. The van der Waals surface area contributed by atoms with Crippen molar-refractivity contribution in [3.63, 3.8) is 0 Å². The molecule has 0 aromatic heterocycles. The molecule has 0 aromatic carbocycles. The summed E-state index contributed by atoms with van der Waals surface area (Å²) in [6, 6.07) is 0. The Morgan fingerprint density at radius 2 is 1.83 bits per heavy atom. The molecule has 0 fully saturated rings. The highest BCUT2D eigenvalue weighted by atomic mass is 19.4. The van der Waals surface area contributed by atoms with E-state index in [1.54, 1.807) is 13.0 Å². The summed E-state index contributed by atoms with van der Waals surface area (Å²) in [4.78, 5) is 10.3. The maximum Gasteiger partial charge on any atom is 0.416 e. The summed E-state index contributed by atoms with van der Waals surface area (Å²) in [6.45, 7) is 7.78. The molecule has 0 aliphatic heterocycles. The molecule has 0 atom stereocenters. The van der Waals surface area contributed by atoms with Crippen LogP contribution in [0.5, 0.6) is 0 Å². The summed E-state index contributed by atoms with van der Waals surface area (Å²) in [5.74, 6) is 0. The first-order valence-corrected chi connectivity index (χ1v) is 8.04. The molecule has 1 aliphatic rings. The van der Waals surface area contributed by atoms with E-state index in [1.807, 2.05) is 6.92 Å². The minimum atomic E-state index is -4.42. The largest absolute Gasteiger partial charge is 0.416 e. The molecule has 1 nitrogen and oxygen atoms in total. The molecule has 0 unspecified atom stereocenters. The lowest BCUT2D eigenvalue weighted by Gasteiger charge is -2.33. The number of alkyl halides is 3. The number of halogens is 3. The summed E-state index contributed by atoms with van der Waals surface area (Å²) >= 11 is 0. The Kier molecular flexibility index (Phi) is 7.00. The van der Waals surface area contributed by atoms with Crippen LogP contribution in [0.3, 0.4) is 0 Å². The van der Waals surface area contributed by atoms with E-state index in [-0.39, 0.29) is 5.41 Å². The van der Waals surface area contributed by atoms with Gasteiger partial charge in [0.2, 0.25) is 0 Å². The highest BCUT2D eigenvalue weighted by Gasteiger charge is 2.32. The van der Waals surface area contributed by atoms with Crippen molar-refractivity contribution in [2.75, 3.05) is 0 Å². The number of rotatable bonds is 5. The van der Waals surface area contributed by atoms with Crippen LogP contribution in [0.2, 0.25) is 0 Å². The quantitative estimate of drug-likeness (QED) is 0.328. The van der Waals surface area contributed by atoms with E-state index in [0.717, 1.165) is 42.6 Å². The SMILES string of the molecule is CC1=C(/C=C/C(=C\C=C\C(C)=C\C=O)C(F)(F)F)C(C)(C)CCC1. The third-order valence-corrected chi connectivity index (χ3v) is 4.27. The van der Waals surface area contributed by atoms with Crippen LogP contribution in [0.1, 0.15) is 47.0 Å². The normalized spacial score (nSPS) is 20.3. The fourth-order valence-electron chi connectivity index (χ4n) is 2.89. The van der Waals surface area contributed by atoms with Crippen LogP contribution in [0.4, 0.5) is 13.2 Å². The number of hydrogen-bond acceptors (Lipinski definition) is 1. The second-order valence-corrected chi connectivity index (χ2v) is 6.79. The van der Waals surface area contributed by atoms with E-state index in [2.05, 4.69) is 13.8 Å². The summed E-state index contributed by atoms with van der Waals surface area (Å²) in [5.41, 5.74) is 1.93. The number of carbonyl (C=O) groups is 1. The average molecular weight is 338 g/mol. The zero-order valence-corrected chi connectivity index (χ0v) is 14.7. The molecule has 0 saturated carbocycles. The second-order valence-electron chi connectivity index (χ2n) is 6.79. The molecular formula is C20H25F3O. The minimum Gasteiger partial charge on any atom is -0.299 e. The van der Waals surface area contributed by atoms with Crippen molar-refractivity contribution >= 4 is 6.29 Å². The van der Waals surface area contributed by atoms with Gasteiger partial charge >= 0.3 is 6.18 Å². The molecule has 0 amide bonds. The second kappa shape index (κ2) is 8.32. The van der Waals surface area contributed by atoms with E-state index in [9.17, 15) is 18.0 Å². The first kappa shape index (κ1) is 20.2. The summed E-state index contributed by atoms with van der Waals surface area (Å²) in [7, 11) is 0. The predicted octanol–water partition coefficient (Wildman–Crippen LogP) is 6.26. The van der Waals surface area contributed by atoms with Crippen LogP contribution in [-0.4, -0.2) is 12.5 Å². The van der Waals surface area contributed by atoms with Gasteiger partial charge in [0.1, 0.15) is 6.29 Å². The number of hydrogen-bond donors (Lipinski definition) is 0. The van der Waals surface area contributed by atoms with Gasteiger partial charge in [-0.1, -0.05) is 43.7 Å². The Morgan fingerprint density at radius 3 is 2.38 bits per heavy atom. The van der Waals surface area contributed by atoms with Gasteiger partial charge in [-0.25, -0.2) is 0 Å². The topological polar surface area (TPSA) is 17.1 Å². The van der Waals surface area contributed by atoms with Crippen molar-refractivity contribution < 1.29 is 18.0 Å². The van der Waals surface area contributed by atoms with E-state index in [4.69, 9.17) is 0 Å². The number of aldehydes is 1. The van der Waals surface area contributed by atoms with Gasteiger partial charge in [-0.05, 0) is 61.8 Å². The Balaban J connectivity index is 3.11. The molecule has 0 N–H and O–H groups in total. The average Bonchev–Trinajstić information content (AvgIpc) is 2.43. The monoisotopic (exact) mass is 338 g/mol. The minimum absolute atomic E-state index is 0.103. The Bertz CT molecular complexity index is 611. The van der Waals surface area contributed by atoms with E-state index < -0.39 is 11.7 Å². The Hall–Kier alpha value is -1.84. The first-order valence-electron chi connectivity index (χ1n) is 8.04. The standard InChI is InChI=1S/C20H25F3O/c1-15(12-14-24)7-5-9-17(20(21,22)23)10-11-18-16(2)8-6-13-19(18,3)4/h5,7,9-12,14H,6,8,13H2,1-4H3/b7-5+,11-10+,15-12+,17-9+. The molecule has 0 radical (unpaired) electrons. The van der Waals surface area contributed by atoms with Crippen molar-refractivity contribution in [2.24, 2.45) is 5.41 Å². The maximum absolute atomic E-state index is 13.2. The molecule has 0 aromatic rings. The van der Waals surface area contributed by atoms with Gasteiger partial charge in [0.25, 0.3) is 0 Å². The smallest absolute Gasteiger partial charge is 0.299 e. The van der Waals surface area contributed by atoms with Crippen molar-refractivity contribution in [3.05, 3.63) is 58.7 Å². The van der Waals surface area contributed by atoms with Gasteiger partial charge in [-0.3, -0.25) is 4.79 Å². The van der Waals surface area contributed by atoms with Crippen molar-refractivity contribution in [1.29, 1.82) is 0 Å². The van der Waals surface area contributed by atoms with Crippen molar-refractivity contribution in [2.45, 2.75) is 53.1 Å². The molecule has 1 aliphatic carbocycles. The highest BCUT2D eigenvalue weighted by molar-refractivity contribution is 5.67. The molecule has 1 rings (SSSR count). The lowest BCUT2D eigenvalue weighted by molar-refractivity contribution is -0.104. The lowest BCUT2D eigenvalue weighted by Crippen LogP contribution is -2.19. The molecule has 0 spiro atoms. The third-order valence-electron chi connectivity index (χ3n) is 4.27. The van der Waals surface area contributed by atoms with Crippen LogP contribution in [-0.2, 0) is 4.79 Å². The van der Waals surface area contributed by atoms with Crippen LogP contribution in [0, 0.1) is 5.41 Å². The molecule has 24 heavy (non-hydrogen) atoms. The zero-order valence-electron chi connectivity index (χ0n) is 14.7. The number of allylic oxidation sites excluding steroid dienone is 10. The maximum atomic E-state index is 13.2. The molecule has 0 saturated heterocycles. The van der Waals surface area contributed by atoms with Crippen LogP contribution >= 0.6 is 0 Å². The first-order chi connectivity index (χ1) is 11.1. The van der Waals surface area contributed by atoms with Crippen LogP contribution in [0.15, 0.2) is 58.7 Å². The molecule has 4 heteroatoms. The van der Waals surface area contributed by atoms with Crippen molar-refractivity contribution in [3.8, 4) is 0 Å². The fraction of sp³-hybridized carbons (Fsp3) is 0.450. The van der Waals surface area contributed by atoms with E-state index in [1.165, 1.54) is 18.2 Å². The zero-order chi connectivity index (χ0) is 18.4. The predicted molar refractivity (Wildman–Crippen MR) is 92.6 cm³/mol. The third kappa shape index (κ3) is 5.99. The molecule has 0 bridgehead atoms. The van der Waals surface area contributed by atoms with Gasteiger partial charge < -0.3 is 0 Å². The van der Waals surface area contributed by atoms with Gasteiger partial charge in [0.05, 0.1) is 5.57 Å². The van der Waals surface area contributed by atoms with Gasteiger partial charge in [-0.15, -0.1) is 0 Å². The Labute approximate surface area is 142 Å². The summed E-state index contributed by atoms with van der Waals surface area (Å²) in [6.07, 6.45) is 7.04. The lowest BCUT2D eigenvalue weighted by atomic mass is 9.72. The Morgan fingerprint density at radius 1 is 1.17 bits per heavy atom. The molecule has 132 valence electrons. The van der Waals surface area contributed by atoms with Crippen LogP contribution < -0.4 is 0 Å². The van der Waals surface area contributed by atoms with E-state index in [0.29, 0.717) is 11.9 Å². The summed E-state index contributed by atoms with van der Waals surface area (Å²) in [5, 5.41) is 0. The summed E-state index contributed by atoms with van der Waals surface area (Å²) < 4.78 is 39.6. The molecular weight excluding hydrogens is 313 g/mol. The van der Waals surface area contributed by atoms with E-state index >= 15 is 0 Å². The fourth-order valence-corrected chi connectivity index (χ4v) is 2.89. The number of carbonyl (C=O) groups excluding carboxylic acids is 1. The van der Waals surface area contributed by atoms with Crippen LogP contribution in [0.25, 0.3) is 0 Å². The van der Waals surface area contributed by atoms with Gasteiger partial charge in [0, 0.05) is 0 Å². The van der Waals surface area contributed by atoms with Crippen molar-refractivity contribution in [1.82, 2.24) is 0 Å². The van der Waals surface area contributed by atoms with Gasteiger partial charge in [0.15, 0.2) is 0 Å².